The van der Waals surface area contributed by atoms with Crippen molar-refractivity contribution in [2.24, 2.45) is 5.14 Å². The molecule has 1 fully saturated rings. The van der Waals surface area contributed by atoms with Gasteiger partial charge in [0.25, 0.3) is 0 Å². The Balaban J connectivity index is 2.10. The van der Waals surface area contributed by atoms with Crippen molar-refractivity contribution >= 4 is 27.4 Å². The Hall–Kier alpha value is -1.98. The summed E-state index contributed by atoms with van der Waals surface area (Å²) in [4.78, 5) is 6.56. The van der Waals surface area contributed by atoms with Gasteiger partial charge in [-0.15, -0.1) is 11.8 Å². The van der Waals surface area contributed by atoms with Gasteiger partial charge in [0.1, 0.15) is 5.69 Å². The fourth-order valence-corrected chi connectivity index (χ4v) is 5.45. The average Bonchev–Trinajstić information content (AvgIpc) is 3.21. The number of hydrogen-bond acceptors (Lipinski definition) is 7. The molecule has 2 unspecified atom stereocenters. The molecule has 0 bridgehead atoms. The Morgan fingerprint density at radius 3 is 2.65 bits per heavy atom. The van der Waals surface area contributed by atoms with Gasteiger partial charge in [-0.3, -0.25) is 4.98 Å². The topological polar surface area (TPSA) is 131 Å². The number of aromatic nitrogens is 3. The minimum atomic E-state index is -4.14. The molecular formula is C16H16N4O4S2. The second-order valence-corrected chi connectivity index (χ2v) is 8.86. The number of sulfonamides is 1. The van der Waals surface area contributed by atoms with E-state index in [4.69, 9.17) is 5.14 Å². The molecule has 0 aliphatic carbocycles. The number of aliphatic hydroxyl groups excluding tert-OH is 1. The Labute approximate surface area is 153 Å². The minimum Gasteiger partial charge on any atom is -0.389 e. The van der Waals surface area contributed by atoms with E-state index in [0.717, 1.165) is 11.8 Å². The molecule has 0 spiro atoms. The summed E-state index contributed by atoms with van der Waals surface area (Å²) >= 11 is 1.08. The first kappa shape index (κ1) is 17.4. The van der Waals surface area contributed by atoms with Crippen LogP contribution in [0.2, 0.25) is 0 Å². The van der Waals surface area contributed by atoms with Gasteiger partial charge in [-0.1, -0.05) is 12.1 Å². The molecule has 1 aliphatic rings. The van der Waals surface area contributed by atoms with Crippen molar-refractivity contribution in [2.45, 2.75) is 22.4 Å². The fraction of sp³-hybridized carbons (Fsp3) is 0.250. The summed E-state index contributed by atoms with van der Waals surface area (Å²) in [6, 6.07) is 4.50. The molecule has 0 radical (unpaired) electrons. The standard InChI is InChI=1S/C16H16N4O4S2/c17-26(23,24)11-3-1-2-10(13(11)16(22)12(21)4-9-25-16)14-15-19-6-8-20(15)7-5-18-14/h1-3,5-8,12,21-22H,4,9H2,(H2,17,23,24). The third-order valence-electron chi connectivity index (χ3n) is 4.42. The third-order valence-corrected chi connectivity index (χ3v) is 6.73. The van der Waals surface area contributed by atoms with Crippen LogP contribution in [0.4, 0.5) is 0 Å². The normalized spacial score (nSPS) is 23.6. The first-order valence-electron chi connectivity index (χ1n) is 7.81. The van der Waals surface area contributed by atoms with E-state index in [1.54, 1.807) is 35.3 Å². The van der Waals surface area contributed by atoms with Gasteiger partial charge in [-0.05, 0) is 18.2 Å². The minimum absolute atomic E-state index is 0.0427. The molecule has 10 heteroatoms. The molecule has 0 saturated carbocycles. The van der Waals surface area contributed by atoms with Crippen LogP contribution >= 0.6 is 11.8 Å². The SMILES string of the molecule is NS(=O)(=O)c1cccc(-c2nccn3ccnc23)c1C1(O)SCCC1O. The maximum atomic E-state index is 12.2. The van der Waals surface area contributed by atoms with Gasteiger partial charge < -0.3 is 14.6 Å². The van der Waals surface area contributed by atoms with Gasteiger partial charge in [0, 0.05) is 35.9 Å². The molecule has 1 aliphatic heterocycles. The van der Waals surface area contributed by atoms with Crippen LogP contribution < -0.4 is 5.14 Å². The summed E-state index contributed by atoms with van der Waals surface area (Å²) < 4.78 is 26.1. The number of aliphatic hydroxyl groups is 2. The van der Waals surface area contributed by atoms with Crippen molar-refractivity contribution in [1.82, 2.24) is 14.4 Å². The van der Waals surface area contributed by atoms with Crippen LogP contribution in [0.15, 0.2) is 47.9 Å². The van der Waals surface area contributed by atoms with Gasteiger partial charge >= 0.3 is 0 Å². The molecule has 1 aromatic carbocycles. The van der Waals surface area contributed by atoms with Crippen molar-refractivity contribution in [2.75, 3.05) is 5.75 Å². The van der Waals surface area contributed by atoms with Crippen molar-refractivity contribution in [1.29, 1.82) is 0 Å². The number of benzene rings is 1. The van der Waals surface area contributed by atoms with Crippen molar-refractivity contribution in [3.05, 3.63) is 48.5 Å². The fourth-order valence-electron chi connectivity index (χ4n) is 3.24. The molecule has 4 N–H and O–H groups in total. The second kappa shape index (κ2) is 6.03. The van der Waals surface area contributed by atoms with Gasteiger partial charge in [0.05, 0.1) is 11.0 Å². The summed E-state index contributed by atoms with van der Waals surface area (Å²) in [6.07, 6.45) is 5.80. The second-order valence-electron chi connectivity index (χ2n) is 6.01. The van der Waals surface area contributed by atoms with Gasteiger partial charge in [-0.25, -0.2) is 18.5 Å². The Morgan fingerprint density at radius 2 is 2.00 bits per heavy atom. The van der Waals surface area contributed by atoms with Crippen LogP contribution in [0.5, 0.6) is 0 Å². The van der Waals surface area contributed by atoms with Crippen LogP contribution in [-0.4, -0.2) is 44.9 Å². The van der Waals surface area contributed by atoms with Gasteiger partial charge in [-0.2, -0.15) is 0 Å². The van der Waals surface area contributed by atoms with E-state index in [2.05, 4.69) is 9.97 Å². The molecule has 2 atom stereocenters. The highest BCUT2D eigenvalue weighted by Crippen LogP contribution is 2.49. The lowest BCUT2D eigenvalue weighted by molar-refractivity contribution is -0.00343. The summed E-state index contributed by atoms with van der Waals surface area (Å²) in [5, 5.41) is 27.0. The first-order chi connectivity index (χ1) is 12.3. The molecule has 2 aromatic heterocycles. The lowest BCUT2D eigenvalue weighted by Gasteiger charge is -2.30. The molecule has 26 heavy (non-hydrogen) atoms. The molecule has 136 valence electrons. The number of primary sulfonamides is 1. The summed E-state index contributed by atoms with van der Waals surface area (Å²) in [5.74, 6) is 0.483. The van der Waals surface area contributed by atoms with Crippen molar-refractivity contribution in [3.63, 3.8) is 0 Å². The summed E-state index contributed by atoms with van der Waals surface area (Å²) in [7, 11) is -4.14. The van der Waals surface area contributed by atoms with Gasteiger partial charge in [0.2, 0.25) is 10.0 Å². The number of imidazole rings is 1. The van der Waals surface area contributed by atoms with Crippen LogP contribution in [0.1, 0.15) is 12.0 Å². The molecule has 3 heterocycles. The lowest BCUT2D eigenvalue weighted by Crippen LogP contribution is -2.35. The average molecular weight is 392 g/mol. The quantitative estimate of drug-likeness (QED) is 0.597. The van der Waals surface area contributed by atoms with E-state index < -0.39 is 21.1 Å². The number of fused-ring (bicyclic) bond motifs is 1. The summed E-state index contributed by atoms with van der Waals surface area (Å²) in [5.41, 5.74) is 1.30. The molecule has 4 rings (SSSR count). The highest BCUT2D eigenvalue weighted by molar-refractivity contribution is 8.00. The predicted octanol–water partition coefficient (Wildman–Crippen LogP) is 0.687. The largest absolute Gasteiger partial charge is 0.389 e. The summed E-state index contributed by atoms with van der Waals surface area (Å²) in [6.45, 7) is 0. The van der Waals surface area contributed by atoms with E-state index in [0.29, 0.717) is 29.1 Å². The highest BCUT2D eigenvalue weighted by Gasteiger charge is 2.47. The molecular weight excluding hydrogens is 376 g/mol. The maximum Gasteiger partial charge on any atom is 0.238 e. The molecule has 3 aromatic rings. The Bertz CT molecular complexity index is 1100. The van der Waals surface area contributed by atoms with Crippen LogP contribution in [0.25, 0.3) is 16.9 Å². The van der Waals surface area contributed by atoms with E-state index in [1.807, 2.05) is 0 Å². The number of thioether (sulfide) groups is 1. The molecule has 0 amide bonds. The monoisotopic (exact) mass is 392 g/mol. The number of hydrogen-bond donors (Lipinski definition) is 3. The van der Waals surface area contributed by atoms with E-state index >= 15 is 0 Å². The van der Waals surface area contributed by atoms with Crippen LogP contribution in [-0.2, 0) is 15.0 Å². The smallest absolute Gasteiger partial charge is 0.238 e. The van der Waals surface area contributed by atoms with E-state index in [9.17, 15) is 18.6 Å². The maximum absolute atomic E-state index is 12.2. The molecule has 1 saturated heterocycles. The lowest BCUT2D eigenvalue weighted by atomic mass is 9.95. The third kappa shape index (κ3) is 2.61. The highest BCUT2D eigenvalue weighted by atomic mass is 32.2. The van der Waals surface area contributed by atoms with Crippen LogP contribution in [0.3, 0.4) is 0 Å². The zero-order chi connectivity index (χ0) is 18.5. The first-order valence-corrected chi connectivity index (χ1v) is 10.3. The Kier molecular flexibility index (Phi) is 4.04. The molecule has 8 nitrogen and oxygen atoms in total. The zero-order valence-electron chi connectivity index (χ0n) is 13.5. The van der Waals surface area contributed by atoms with Crippen LogP contribution in [0, 0.1) is 0 Å². The Morgan fingerprint density at radius 1 is 1.27 bits per heavy atom. The van der Waals surface area contributed by atoms with E-state index in [1.165, 1.54) is 12.1 Å². The van der Waals surface area contributed by atoms with Crippen molar-refractivity contribution in [3.8, 4) is 11.3 Å². The zero-order valence-corrected chi connectivity index (χ0v) is 15.1. The van der Waals surface area contributed by atoms with Gasteiger partial charge in [0.15, 0.2) is 10.6 Å². The predicted molar refractivity (Wildman–Crippen MR) is 96.8 cm³/mol. The number of nitrogens with two attached hydrogens (primary N) is 1. The number of nitrogens with zero attached hydrogens (tertiary/aromatic N) is 3. The van der Waals surface area contributed by atoms with Crippen molar-refractivity contribution < 1.29 is 18.6 Å². The number of rotatable bonds is 3. The van der Waals surface area contributed by atoms with E-state index in [-0.39, 0.29) is 10.5 Å².